The molecule has 0 fully saturated rings. The minimum absolute atomic E-state index is 0.0387. The molecule has 4 aromatic rings. The second kappa shape index (κ2) is 7.45. The number of anilines is 1. The molecule has 0 aliphatic carbocycles. The zero-order valence-electron chi connectivity index (χ0n) is 14.4. The van der Waals surface area contributed by atoms with E-state index in [0.29, 0.717) is 16.4 Å². The zero-order chi connectivity index (χ0) is 19.5. The minimum atomic E-state index is -0.435. The highest BCUT2D eigenvalue weighted by Gasteiger charge is 2.08. The molecule has 0 unspecified atom stereocenters. The van der Waals surface area contributed by atoms with Crippen LogP contribution >= 0.6 is 11.3 Å². The Morgan fingerprint density at radius 3 is 2.68 bits per heavy atom. The smallest absolute Gasteiger partial charge is 0.269 e. The van der Waals surface area contributed by atoms with Crippen molar-refractivity contribution < 1.29 is 10.0 Å². The van der Waals surface area contributed by atoms with Gasteiger partial charge in [0.1, 0.15) is 5.75 Å². The van der Waals surface area contributed by atoms with E-state index < -0.39 is 4.92 Å². The largest absolute Gasteiger partial charge is 0.507 e. The lowest BCUT2D eigenvalue weighted by molar-refractivity contribution is -0.384. The van der Waals surface area contributed by atoms with Gasteiger partial charge < -0.3 is 5.11 Å². The van der Waals surface area contributed by atoms with Crippen molar-refractivity contribution in [1.29, 1.82) is 0 Å². The van der Waals surface area contributed by atoms with Crippen molar-refractivity contribution in [3.63, 3.8) is 0 Å². The number of rotatable bonds is 5. The number of phenols is 1. The minimum Gasteiger partial charge on any atom is -0.507 e. The van der Waals surface area contributed by atoms with E-state index in [1.54, 1.807) is 24.4 Å². The van der Waals surface area contributed by atoms with E-state index in [2.05, 4.69) is 15.5 Å². The summed E-state index contributed by atoms with van der Waals surface area (Å²) in [6.07, 6.45) is 1.56. The van der Waals surface area contributed by atoms with E-state index in [9.17, 15) is 15.2 Å². The Morgan fingerprint density at radius 1 is 1.11 bits per heavy atom. The molecule has 2 N–H and O–H groups in total. The number of nitro groups is 1. The number of hydrazone groups is 1. The Morgan fingerprint density at radius 2 is 1.89 bits per heavy atom. The van der Waals surface area contributed by atoms with E-state index in [1.165, 1.54) is 23.5 Å². The molecule has 7 nitrogen and oxygen atoms in total. The molecule has 3 aromatic carbocycles. The summed E-state index contributed by atoms with van der Waals surface area (Å²) in [5.74, 6) is 0.148. The van der Waals surface area contributed by atoms with Crippen LogP contribution in [0.1, 0.15) is 5.56 Å². The predicted molar refractivity (Wildman–Crippen MR) is 111 cm³/mol. The number of benzene rings is 3. The highest BCUT2D eigenvalue weighted by atomic mass is 32.1. The molecular formula is C20H14N4O3S. The summed E-state index contributed by atoms with van der Waals surface area (Å²) in [5, 5.41) is 29.4. The number of nitrogens with one attached hydrogen (secondary N) is 1. The molecule has 8 heteroatoms. The number of nitrogens with zero attached hydrogens (tertiary/aromatic N) is 3. The first kappa shape index (κ1) is 17.6. The quantitative estimate of drug-likeness (QED) is 0.283. The molecule has 0 amide bonds. The summed E-state index contributed by atoms with van der Waals surface area (Å²) in [6, 6.07) is 17.4. The van der Waals surface area contributed by atoms with Gasteiger partial charge in [-0.25, -0.2) is 4.98 Å². The number of hydrogen-bond donors (Lipinski definition) is 2. The van der Waals surface area contributed by atoms with Gasteiger partial charge in [0.15, 0.2) is 0 Å². The van der Waals surface area contributed by atoms with Crippen molar-refractivity contribution in [2.24, 2.45) is 5.10 Å². The molecule has 1 aromatic heterocycles. The average molecular weight is 390 g/mol. The van der Waals surface area contributed by atoms with Crippen molar-refractivity contribution in [3.05, 3.63) is 81.7 Å². The van der Waals surface area contributed by atoms with Crippen LogP contribution < -0.4 is 5.43 Å². The highest BCUT2D eigenvalue weighted by Crippen LogP contribution is 2.27. The van der Waals surface area contributed by atoms with Crippen LogP contribution in [0.25, 0.3) is 22.0 Å². The molecule has 1 heterocycles. The Bertz CT molecular complexity index is 1190. The lowest BCUT2D eigenvalue weighted by atomic mass is 10.0. The van der Waals surface area contributed by atoms with Gasteiger partial charge in [-0.15, -0.1) is 11.3 Å². The number of nitro benzene ring substituents is 1. The van der Waals surface area contributed by atoms with E-state index in [-0.39, 0.29) is 11.4 Å². The number of fused-ring (bicyclic) bond motifs is 1. The third kappa shape index (κ3) is 3.53. The molecule has 28 heavy (non-hydrogen) atoms. The van der Waals surface area contributed by atoms with Crippen LogP contribution in [-0.2, 0) is 0 Å². The van der Waals surface area contributed by atoms with Gasteiger partial charge >= 0.3 is 0 Å². The zero-order valence-corrected chi connectivity index (χ0v) is 15.3. The molecule has 0 saturated heterocycles. The Labute approximate surface area is 163 Å². The van der Waals surface area contributed by atoms with E-state index >= 15 is 0 Å². The van der Waals surface area contributed by atoms with Crippen molar-refractivity contribution in [2.75, 3.05) is 5.43 Å². The molecule has 4 rings (SSSR count). The summed E-state index contributed by atoms with van der Waals surface area (Å²) in [5.41, 5.74) is 5.01. The van der Waals surface area contributed by atoms with Gasteiger partial charge in [-0.1, -0.05) is 30.3 Å². The summed E-state index contributed by atoms with van der Waals surface area (Å²) in [7, 11) is 0. The Balaban J connectivity index is 1.52. The molecule has 0 bridgehead atoms. The molecule has 0 radical (unpaired) electrons. The lowest BCUT2D eigenvalue weighted by Gasteiger charge is -2.04. The predicted octanol–water partition coefficient (Wildman–Crippen LogP) is 5.02. The topological polar surface area (TPSA) is 101 Å². The first-order chi connectivity index (χ1) is 13.6. The van der Waals surface area contributed by atoms with Gasteiger partial charge in [-0.2, -0.15) is 5.10 Å². The second-order valence-electron chi connectivity index (χ2n) is 5.93. The van der Waals surface area contributed by atoms with Crippen LogP contribution in [0.15, 0.2) is 71.1 Å². The molecule has 0 spiro atoms. The average Bonchev–Trinajstić information content (AvgIpc) is 3.18. The Kier molecular flexibility index (Phi) is 4.69. The third-order valence-corrected chi connectivity index (χ3v) is 4.93. The fraction of sp³-hybridized carbons (Fsp3) is 0. The molecular weight excluding hydrogens is 376 g/mol. The van der Waals surface area contributed by atoms with Gasteiger partial charge in [0.05, 0.1) is 16.8 Å². The summed E-state index contributed by atoms with van der Waals surface area (Å²) < 4.78 is 0. The van der Waals surface area contributed by atoms with Gasteiger partial charge in [0.25, 0.3) is 5.69 Å². The monoisotopic (exact) mass is 390 g/mol. The van der Waals surface area contributed by atoms with Gasteiger partial charge in [-0.3, -0.25) is 15.5 Å². The number of aromatic nitrogens is 1. The van der Waals surface area contributed by atoms with Crippen LogP contribution in [0.3, 0.4) is 0 Å². The molecule has 0 aliphatic heterocycles. The fourth-order valence-electron chi connectivity index (χ4n) is 2.78. The second-order valence-corrected chi connectivity index (χ2v) is 6.79. The van der Waals surface area contributed by atoms with Crippen LogP contribution in [0.5, 0.6) is 5.75 Å². The molecule has 138 valence electrons. The summed E-state index contributed by atoms with van der Waals surface area (Å²) in [6.45, 7) is 0. The number of hydrogen-bond acceptors (Lipinski definition) is 7. The maximum absolute atomic E-state index is 10.7. The number of non-ortho nitro benzene ring substituents is 1. The van der Waals surface area contributed by atoms with Crippen LogP contribution in [0.2, 0.25) is 0 Å². The summed E-state index contributed by atoms with van der Waals surface area (Å²) >= 11 is 1.37. The number of phenolic OH excluding ortho intramolecular Hbond substituents is 1. The maximum atomic E-state index is 10.7. The fourth-order valence-corrected chi connectivity index (χ4v) is 3.45. The van der Waals surface area contributed by atoms with Crippen molar-refractivity contribution >= 4 is 39.1 Å². The normalized spacial score (nSPS) is 11.1. The van der Waals surface area contributed by atoms with Crippen LogP contribution in [0, 0.1) is 10.1 Å². The van der Waals surface area contributed by atoms with Gasteiger partial charge in [0.2, 0.25) is 5.13 Å². The van der Waals surface area contributed by atoms with Crippen molar-refractivity contribution in [3.8, 4) is 17.0 Å². The summed E-state index contributed by atoms with van der Waals surface area (Å²) in [4.78, 5) is 14.7. The first-order valence-corrected chi connectivity index (χ1v) is 9.20. The van der Waals surface area contributed by atoms with Crippen LogP contribution in [0.4, 0.5) is 10.8 Å². The van der Waals surface area contributed by atoms with Gasteiger partial charge in [-0.05, 0) is 29.0 Å². The van der Waals surface area contributed by atoms with E-state index in [0.717, 1.165) is 16.3 Å². The highest BCUT2D eigenvalue weighted by molar-refractivity contribution is 7.14. The SMILES string of the molecule is O=[N+]([O-])c1ccc(-c2csc(N/N=C/c3c(O)ccc4ccccc34)n2)cc1. The number of aromatic hydroxyl groups is 1. The lowest BCUT2D eigenvalue weighted by Crippen LogP contribution is -1.92. The van der Waals surface area contributed by atoms with Crippen molar-refractivity contribution in [1.82, 2.24) is 4.98 Å². The van der Waals surface area contributed by atoms with Crippen LogP contribution in [-0.4, -0.2) is 21.2 Å². The standard InChI is InChI=1S/C20H14N4O3S/c25-19-10-7-13-3-1-2-4-16(13)17(19)11-21-23-20-22-18(12-28-20)14-5-8-15(9-6-14)24(26)27/h1-12,25H,(H,22,23)/b21-11+. The van der Waals surface area contributed by atoms with E-state index in [4.69, 9.17) is 0 Å². The van der Waals surface area contributed by atoms with Gasteiger partial charge in [0, 0.05) is 28.6 Å². The third-order valence-electron chi connectivity index (χ3n) is 4.18. The van der Waals surface area contributed by atoms with Crippen molar-refractivity contribution in [2.45, 2.75) is 0 Å². The molecule has 0 aliphatic rings. The maximum Gasteiger partial charge on any atom is 0.269 e. The first-order valence-electron chi connectivity index (χ1n) is 8.32. The van der Waals surface area contributed by atoms with E-state index in [1.807, 2.05) is 35.7 Å². The number of thiazole rings is 1. The molecule has 0 saturated carbocycles. The molecule has 0 atom stereocenters. The Hall–Kier alpha value is -3.78.